The van der Waals surface area contributed by atoms with Gasteiger partial charge < -0.3 is 10.6 Å². The Hall–Kier alpha value is -0.120. The van der Waals surface area contributed by atoms with E-state index in [4.69, 9.17) is 5.73 Å². The molecular formula is C16H33N3. The first-order chi connectivity index (χ1) is 9.13. The van der Waals surface area contributed by atoms with Gasteiger partial charge in [0.2, 0.25) is 0 Å². The highest BCUT2D eigenvalue weighted by molar-refractivity contribution is 4.89. The zero-order valence-electron chi connectivity index (χ0n) is 13.1. The van der Waals surface area contributed by atoms with Crippen molar-refractivity contribution in [2.24, 2.45) is 5.73 Å². The maximum absolute atomic E-state index is 6.03. The zero-order valence-corrected chi connectivity index (χ0v) is 13.1. The average Bonchev–Trinajstić information content (AvgIpc) is 2.64. The fourth-order valence-corrected chi connectivity index (χ4v) is 4.12. The first-order valence-corrected chi connectivity index (χ1v) is 8.35. The van der Waals surface area contributed by atoms with E-state index in [2.05, 4.69) is 30.6 Å². The van der Waals surface area contributed by atoms with Crippen LogP contribution in [-0.4, -0.2) is 53.6 Å². The lowest BCUT2D eigenvalue weighted by Gasteiger charge is -2.45. The quantitative estimate of drug-likeness (QED) is 0.852. The van der Waals surface area contributed by atoms with Crippen LogP contribution in [0.25, 0.3) is 0 Å². The van der Waals surface area contributed by atoms with Gasteiger partial charge in [0.05, 0.1) is 0 Å². The van der Waals surface area contributed by atoms with Gasteiger partial charge in [0.1, 0.15) is 0 Å². The van der Waals surface area contributed by atoms with Crippen LogP contribution in [0.4, 0.5) is 0 Å². The highest BCUT2D eigenvalue weighted by atomic mass is 15.2. The molecule has 0 amide bonds. The van der Waals surface area contributed by atoms with Gasteiger partial charge in [0, 0.05) is 30.7 Å². The highest BCUT2D eigenvalue weighted by Gasteiger charge is 2.33. The number of nitrogens with zero attached hydrogens (tertiary/aromatic N) is 2. The van der Waals surface area contributed by atoms with Crippen molar-refractivity contribution < 1.29 is 0 Å². The van der Waals surface area contributed by atoms with Crippen LogP contribution in [0.1, 0.15) is 59.3 Å². The minimum absolute atomic E-state index is 0.638. The molecule has 2 fully saturated rings. The zero-order chi connectivity index (χ0) is 13.8. The SMILES string of the molecule is CC(C)N1CCCC(N2C(C)CCCC2CN)CC1. The molecule has 0 radical (unpaired) electrons. The summed E-state index contributed by atoms with van der Waals surface area (Å²) in [5.41, 5.74) is 6.03. The first-order valence-electron chi connectivity index (χ1n) is 8.35. The first kappa shape index (κ1) is 15.3. The molecule has 0 aliphatic carbocycles. The van der Waals surface area contributed by atoms with Crippen LogP contribution in [0.3, 0.4) is 0 Å². The molecule has 112 valence electrons. The minimum atomic E-state index is 0.638. The fraction of sp³-hybridized carbons (Fsp3) is 1.00. The molecule has 0 saturated carbocycles. The largest absolute Gasteiger partial charge is 0.329 e. The van der Waals surface area contributed by atoms with Crippen molar-refractivity contribution in [3.8, 4) is 0 Å². The van der Waals surface area contributed by atoms with E-state index in [9.17, 15) is 0 Å². The predicted octanol–water partition coefficient (Wildman–Crippen LogP) is 2.45. The van der Waals surface area contributed by atoms with Crippen molar-refractivity contribution in [1.29, 1.82) is 0 Å². The second-order valence-corrected chi connectivity index (χ2v) is 6.83. The summed E-state index contributed by atoms with van der Waals surface area (Å²) < 4.78 is 0. The van der Waals surface area contributed by atoms with E-state index in [-0.39, 0.29) is 0 Å². The minimum Gasteiger partial charge on any atom is -0.329 e. The lowest BCUT2D eigenvalue weighted by Crippen LogP contribution is -2.54. The van der Waals surface area contributed by atoms with E-state index in [1.807, 2.05) is 0 Å². The monoisotopic (exact) mass is 267 g/mol. The maximum Gasteiger partial charge on any atom is 0.0224 e. The van der Waals surface area contributed by atoms with Crippen LogP contribution >= 0.6 is 0 Å². The molecule has 0 bridgehead atoms. The molecule has 3 unspecified atom stereocenters. The van der Waals surface area contributed by atoms with Gasteiger partial charge in [-0.3, -0.25) is 4.90 Å². The molecule has 2 rings (SSSR count). The van der Waals surface area contributed by atoms with Gasteiger partial charge in [-0.05, 0) is 66.0 Å². The van der Waals surface area contributed by atoms with Gasteiger partial charge in [-0.25, -0.2) is 0 Å². The summed E-state index contributed by atoms with van der Waals surface area (Å²) in [6, 6.07) is 2.84. The molecule has 3 heteroatoms. The van der Waals surface area contributed by atoms with Crippen molar-refractivity contribution in [2.75, 3.05) is 19.6 Å². The lowest BCUT2D eigenvalue weighted by molar-refractivity contribution is 0.0426. The van der Waals surface area contributed by atoms with Gasteiger partial charge in [-0.1, -0.05) is 6.42 Å². The van der Waals surface area contributed by atoms with Gasteiger partial charge >= 0.3 is 0 Å². The third-order valence-corrected chi connectivity index (χ3v) is 5.25. The van der Waals surface area contributed by atoms with E-state index in [0.717, 1.165) is 18.6 Å². The van der Waals surface area contributed by atoms with Crippen molar-refractivity contribution in [3.63, 3.8) is 0 Å². The van der Waals surface area contributed by atoms with Gasteiger partial charge in [-0.15, -0.1) is 0 Å². The summed E-state index contributed by atoms with van der Waals surface area (Å²) in [6.07, 6.45) is 8.09. The van der Waals surface area contributed by atoms with E-state index in [0.29, 0.717) is 12.1 Å². The Bertz CT molecular complexity index is 267. The molecule has 2 aliphatic rings. The molecule has 0 aromatic rings. The standard InChI is InChI=1S/C16H33N3/c1-13(2)18-10-5-8-15(9-11-18)19-14(3)6-4-7-16(19)12-17/h13-16H,4-12,17H2,1-3H3. The Kier molecular flexibility index (Phi) is 5.67. The second-order valence-electron chi connectivity index (χ2n) is 6.83. The summed E-state index contributed by atoms with van der Waals surface area (Å²) in [7, 11) is 0. The fourth-order valence-electron chi connectivity index (χ4n) is 4.12. The Morgan fingerprint density at radius 1 is 1.05 bits per heavy atom. The molecule has 3 nitrogen and oxygen atoms in total. The summed E-state index contributed by atoms with van der Waals surface area (Å²) in [4.78, 5) is 5.43. The smallest absolute Gasteiger partial charge is 0.0224 e. The molecule has 0 aromatic heterocycles. The number of piperidine rings is 1. The number of hydrogen-bond donors (Lipinski definition) is 1. The lowest BCUT2D eigenvalue weighted by atomic mass is 9.92. The predicted molar refractivity (Wildman–Crippen MR) is 82.3 cm³/mol. The molecule has 3 atom stereocenters. The summed E-state index contributed by atoms with van der Waals surface area (Å²) in [6.45, 7) is 10.5. The van der Waals surface area contributed by atoms with E-state index in [1.165, 1.54) is 51.6 Å². The normalized spacial score (nSPS) is 35.5. The van der Waals surface area contributed by atoms with Crippen LogP contribution < -0.4 is 5.73 Å². The van der Waals surface area contributed by atoms with Crippen LogP contribution in [0, 0.1) is 0 Å². The van der Waals surface area contributed by atoms with Crippen LogP contribution in [0.15, 0.2) is 0 Å². The molecule has 2 N–H and O–H groups in total. The highest BCUT2D eigenvalue weighted by Crippen LogP contribution is 2.29. The van der Waals surface area contributed by atoms with Crippen molar-refractivity contribution >= 4 is 0 Å². The Balaban J connectivity index is 1.99. The molecule has 19 heavy (non-hydrogen) atoms. The van der Waals surface area contributed by atoms with Crippen LogP contribution in [0.5, 0.6) is 0 Å². The summed E-state index contributed by atoms with van der Waals surface area (Å²) >= 11 is 0. The Morgan fingerprint density at radius 2 is 1.84 bits per heavy atom. The van der Waals surface area contributed by atoms with Crippen molar-refractivity contribution in [3.05, 3.63) is 0 Å². The summed E-state index contributed by atoms with van der Waals surface area (Å²) in [5.74, 6) is 0. The number of likely N-dealkylation sites (tertiary alicyclic amines) is 2. The van der Waals surface area contributed by atoms with Gasteiger partial charge in [0.25, 0.3) is 0 Å². The van der Waals surface area contributed by atoms with E-state index in [1.54, 1.807) is 0 Å². The van der Waals surface area contributed by atoms with Gasteiger partial charge in [-0.2, -0.15) is 0 Å². The van der Waals surface area contributed by atoms with Crippen LogP contribution in [0.2, 0.25) is 0 Å². The van der Waals surface area contributed by atoms with E-state index >= 15 is 0 Å². The second kappa shape index (κ2) is 7.05. The molecule has 2 heterocycles. The molecular weight excluding hydrogens is 234 g/mol. The Morgan fingerprint density at radius 3 is 2.53 bits per heavy atom. The average molecular weight is 267 g/mol. The van der Waals surface area contributed by atoms with Crippen molar-refractivity contribution in [1.82, 2.24) is 9.80 Å². The molecule has 0 spiro atoms. The molecule has 2 saturated heterocycles. The van der Waals surface area contributed by atoms with Crippen molar-refractivity contribution in [2.45, 2.75) is 83.5 Å². The molecule has 0 aromatic carbocycles. The van der Waals surface area contributed by atoms with E-state index < -0.39 is 0 Å². The maximum atomic E-state index is 6.03. The number of nitrogens with two attached hydrogens (primary N) is 1. The number of hydrogen-bond acceptors (Lipinski definition) is 3. The summed E-state index contributed by atoms with van der Waals surface area (Å²) in [5, 5.41) is 0. The number of rotatable bonds is 3. The third-order valence-electron chi connectivity index (χ3n) is 5.25. The molecule has 2 aliphatic heterocycles. The topological polar surface area (TPSA) is 32.5 Å². The Labute approximate surface area is 119 Å². The van der Waals surface area contributed by atoms with Crippen LogP contribution in [-0.2, 0) is 0 Å². The third kappa shape index (κ3) is 3.71. The van der Waals surface area contributed by atoms with Gasteiger partial charge in [0.15, 0.2) is 0 Å².